The lowest BCUT2D eigenvalue weighted by atomic mass is 9.82. The van der Waals surface area contributed by atoms with E-state index < -0.39 is 31.5 Å². The lowest BCUT2D eigenvalue weighted by molar-refractivity contribution is -0.151. The van der Waals surface area contributed by atoms with Crippen molar-refractivity contribution in [3.63, 3.8) is 0 Å². The largest absolute Gasteiger partial charge is 0.432 e. The first kappa shape index (κ1) is 36.0. The van der Waals surface area contributed by atoms with Crippen LogP contribution >= 0.6 is 15.9 Å². The monoisotopic (exact) mass is 815 g/mol. The van der Waals surface area contributed by atoms with Crippen LogP contribution in [-0.4, -0.2) is 59.6 Å². The summed E-state index contributed by atoms with van der Waals surface area (Å²) in [6, 6.07) is 32.8. The summed E-state index contributed by atoms with van der Waals surface area (Å²) < 4.78 is 7.78. The van der Waals surface area contributed by atoms with Gasteiger partial charge in [-0.2, -0.15) is 0 Å². The van der Waals surface area contributed by atoms with E-state index in [2.05, 4.69) is 15.9 Å². The van der Waals surface area contributed by atoms with E-state index >= 15 is 4.79 Å². The van der Waals surface area contributed by atoms with E-state index in [1.165, 1.54) is 0 Å². The van der Waals surface area contributed by atoms with Crippen molar-refractivity contribution in [3.8, 4) is 0 Å². The number of fused-ring (bicyclic) bond motifs is 3. The number of hydrogen-bond acceptors (Lipinski definition) is 6. The fourth-order valence-electron chi connectivity index (χ4n) is 9.84. The van der Waals surface area contributed by atoms with Gasteiger partial charge in [0.1, 0.15) is 0 Å². The summed E-state index contributed by atoms with van der Waals surface area (Å²) in [6.07, 6.45) is -0.175. The van der Waals surface area contributed by atoms with Crippen LogP contribution in [0.1, 0.15) is 46.0 Å². The van der Waals surface area contributed by atoms with Crippen LogP contribution in [0, 0.1) is 5.92 Å². The number of hydrogen-bond donors (Lipinski definition) is 2. The predicted molar refractivity (Wildman–Crippen MR) is 218 cm³/mol. The van der Waals surface area contributed by atoms with Crippen molar-refractivity contribution in [1.29, 1.82) is 0 Å². The van der Waals surface area contributed by atoms with E-state index in [1.807, 2.05) is 123 Å². The Hall–Kier alpha value is -4.65. The number of rotatable bonds is 7. The highest BCUT2D eigenvalue weighted by atomic mass is 79.9. The molecule has 5 aromatic rings. The molecule has 1 saturated heterocycles. The molecule has 1 fully saturated rings. The average molecular weight is 817 g/mol. The number of benzene rings is 5. The predicted octanol–water partition coefficient (Wildman–Crippen LogP) is 7.57. The van der Waals surface area contributed by atoms with E-state index in [0.717, 1.165) is 49.0 Å². The first-order chi connectivity index (χ1) is 26.4. The fraction of sp³-hybridized carbons (Fsp3) is 0.295. The first-order valence-electron chi connectivity index (χ1n) is 18.8. The van der Waals surface area contributed by atoms with Crippen molar-refractivity contribution < 1.29 is 29.0 Å². The summed E-state index contributed by atoms with van der Waals surface area (Å²) in [5, 5.41) is 12.3. The normalized spacial score (nSPS) is 24.3. The maximum absolute atomic E-state index is 15.0. The number of amides is 3. The molecule has 4 heterocycles. The minimum atomic E-state index is -3.03. The Morgan fingerprint density at radius 2 is 1.65 bits per heavy atom. The van der Waals surface area contributed by atoms with Crippen LogP contribution in [-0.2, 0) is 39.4 Å². The molecule has 1 spiro atoms. The van der Waals surface area contributed by atoms with Gasteiger partial charge in [0.05, 0.1) is 48.7 Å². The summed E-state index contributed by atoms with van der Waals surface area (Å²) in [6.45, 7) is 6.16. The van der Waals surface area contributed by atoms with Gasteiger partial charge >= 0.3 is 0 Å². The zero-order valence-corrected chi connectivity index (χ0v) is 33.5. The van der Waals surface area contributed by atoms with E-state index in [-0.39, 0.29) is 43.3 Å². The number of nitrogens with zero attached hydrogens (tertiary/aromatic N) is 3. The van der Waals surface area contributed by atoms with Gasteiger partial charge in [0.15, 0.2) is 13.9 Å². The molecule has 4 aliphatic rings. The smallest absolute Gasteiger partial charge is 0.264 e. The van der Waals surface area contributed by atoms with Gasteiger partial charge in [0, 0.05) is 39.1 Å². The van der Waals surface area contributed by atoms with Crippen molar-refractivity contribution >= 4 is 69.8 Å². The average Bonchev–Trinajstić information content (AvgIpc) is 3.72. The number of carbonyl (C=O) groups is 3. The second-order valence-corrected chi connectivity index (χ2v) is 20.8. The van der Waals surface area contributed by atoms with Gasteiger partial charge in [-0.1, -0.05) is 83.5 Å². The Balaban J connectivity index is 1.01. The van der Waals surface area contributed by atoms with E-state index in [9.17, 15) is 19.5 Å². The van der Waals surface area contributed by atoms with Crippen LogP contribution in [0.3, 0.4) is 0 Å². The molecule has 2 N–H and O–H groups in total. The molecule has 0 unspecified atom stereocenters. The van der Waals surface area contributed by atoms with Gasteiger partial charge in [0.25, 0.3) is 11.8 Å². The standard InChI is InChI=1S/C44H42BrN3O6Si/c1-26-41(55(2,3)53)38(22-39(50)46-24-30-9-5-4-8-29(30)20-33(46)25-49)54-44(26)35-21-31(45)16-19-36(35)47(43(44)52)23-27-14-17-32(18-15-27)48-37-13-7-11-28-10-6-12-34(40(28)37)42(48)51/h4-19,21,26,33,38,41,49,53H,20,22-25H2,1-3H3/t26-,33+,38+,41-,44+/m1/s1. The van der Waals surface area contributed by atoms with Crippen molar-refractivity contribution in [1.82, 2.24) is 4.90 Å². The maximum atomic E-state index is 15.0. The molecule has 9 nitrogen and oxygen atoms in total. The minimum absolute atomic E-state index is 0.0166. The zero-order chi connectivity index (χ0) is 38.4. The number of aliphatic hydroxyl groups is 1. The van der Waals surface area contributed by atoms with Gasteiger partial charge in [0.2, 0.25) is 5.91 Å². The minimum Gasteiger partial charge on any atom is -0.432 e. The molecule has 11 heteroatoms. The molecular formula is C44H42BrN3O6Si. The summed E-state index contributed by atoms with van der Waals surface area (Å²) in [5.74, 6) is -0.907. The molecule has 0 aromatic heterocycles. The van der Waals surface area contributed by atoms with Crippen LogP contribution in [0.25, 0.3) is 10.8 Å². The van der Waals surface area contributed by atoms with Gasteiger partial charge in [-0.25, -0.2) is 0 Å². The highest BCUT2D eigenvalue weighted by Crippen LogP contribution is 2.60. The molecule has 0 bridgehead atoms. The second-order valence-electron chi connectivity index (χ2n) is 15.9. The Labute approximate surface area is 329 Å². The lowest BCUT2D eigenvalue weighted by Gasteiger charge is -2.37. The van der Waals surface area contributed by atoms with Crippen LogP contribution in [0.15, 0.2) is 108 Å². The van der Waals surface area contributed by atoms with Crippen molar-refractivity contribution in [3.05, 3.63) is 135 Å². The van der Waals surface area contributed by atoms with Crippen LogP contribution < -0.4 is 9.80 Å². The van der Waals surface area contributed by atoms with E-state index in [4.69, 9.17) is 4.74 Å². The van der Waals surface area contributed by atoms with Crippen molar-refractivity contribution in [2.75, 3.05) is 16.4 Å². The summed E-state index contributed by atoms with van der Waals surface area (Å²) in [4.78, 5) is 59.9. The highest BCUT2D eigenvalue weighted by molar-refractivity contribution is 9.10. The van der Waals surface area contributed by atoms with Gasteiger partial charge in [-0.15, -0.1) is 0 Å². The maximum Gasteiger partial charge on any atom is 0.264 e. The number of halogens is 1. The van der Waals surface area contributed by atoms with Crippen molar-refractivity contribution in [2.45, 2.75) is 69.2 Å². The number of carbonyl (C=O) groups excluding carboxylic acids is 3. The molecule has 0 saturated carbocycles. The summed E-state index contributed by atoms with van der Waals surface area (Å²) in [5.41, 5.74) is 4.90. The number of aliphatic hydroxyl groups excluding tert-OH is 1. The topological polar surface area (TPSA) is 111 Å². The van der Waals surface area contributed by atoms with E-state index in [1.54, 1.807) is 14.7 Å². The highest BCUT2D eigenvalue weighted by Gasteiger charge is 2.66. The SMILES string of the molecule is C[C@@H]1[C@@H]([Si](C)(C)O)[C@H](CC(=O)N2Cc3ccccc3C[C@H]2CO)O[C@@]12C(=O)N(Cc1ccc(N3C(=O)c4cccc5cccc3c45)cc1)c1ccc(Br)cc12. The lowest BCUT2D eigenvalue weighted by Crippen LogP contribution is -2.48. The second kappa shape index (κ2) is 13.2. The molecule has 5 atom stereocenters. The molecule has 9 rings (SSSR count). The fourth-order valence-corrected chi connectivity index (χ4v) is 12.8. The molecule has 0 radical (unpaired) electrons. The van der Waals surface area contributed by atoms with Crippen LogP contribution in [0.5, 0.6) is 0 Å². The number of anilines is 3. The molecule has 5 aromatic carbocycles. The molecular weight excluding hydrogens is 774 g/mol. The van der Waals surface area contributed by atoms with Crippen LogP contribution in [0.4, 0.5) is 17.1 Å². The first-order valence-corrected chi connectivity index (χ1v) is 22.7. The Morgan fingerprint density at radius 1 is 0.927 bits per heavy atom. The van der Waals surface area contributed by atoms with Gasteiger partial charge in [-0.05, 0) is 84.1 Å². The molecule has 3 amide bonds. The van der Waals surface area contributed by atoms with Gasteiger partial charge in [-0.3, -0.25) is 19.3 Å². The summed E-state index contributed by atoms with van der Waals surface area (Å²) in [7, 11) is -3.03. The Morgan fingerprint density at radius 3 is 2.38 bits per heavy atom. The van der Waals surface area contributed by atoms with Crippen LogP contribution in [0.2, 0.25) is 18.6 Å². The van der Waals surface area contributed by atoms with Gasteiger partial charge < -0.3 is 24.4 Å². The third kappa shape index (κ3) is 5.62. The molecule has 280 valence electrons. The summed E-state index contributed by atoms with van der Waals surface area (Å²) >= 11 is 3.64. The third-order valence-electron chi connectivity index (χ3n) is 12.3. The Kier molecular flexibility index (Phi) is 8.67. The molecule has 4 aliphatic heterocycles. The van der Waals surface area contributed by atoms with E-state index in [0.29, 0.717) is 24.1 Å². The Bertz CT molecular complexity index is 2390. The zero-order valence-electron chi connectivity index (χ0n) is 30.9. The quantitative estimate of drug-likeness (QED) is 0.164. The van der Waals surface area contributed by atoms with Crippen molar-refractivity contribution in [2.24, 2.45) is 5.92 Å². The molecule has 55 heavy (non-hydrogen) atoms. The molecule has 0 aliphatic carbocycles. The number of ether oxygens (including phenoxy) is 1. The third-order valence-corrected chi connectivity index (χ3v) is 15.3.